The minimum atomic E-state index is -0.650. The molecule has 0 saturated carbocycles. The Morgan fingerprint density at radius 3 is 2.52 bits per heavy atom. The molecule has 3 amide bonds. The van der Waals surface area contributed by atoms with Crippen molar-refractivity contribution >= 4 is 23.5 Å². The molecule has 0 radical (unpaired) electrons. The second-order valence-electron chi connectivity index (χ2n) is 6.61. The number of nitrogens with zero attached hydrogens (tertiary/aromatic N) is 3. The van der Waals surface area contributed by atoms with Crippen LogP contribution in [0.25, 0.3) is 0 Å². The van der Waals surface area contributed by atoms with Crippen LogP contribution in [0.2, 0.25) is 0 Å². The first kappa shape index (κ1) is 19.9. The van der Waals surface area contributed by atoms with Crippen molar-refractivity contribution < 1.29 is 18.8 Å². The van der Waals surface area contributed by atoms with Crippen LogP contribution in [0.5, 0.6) is 11.6 Å². The third kappa shape index (κ3) is 4.89. The Labute approximate surface area is 167 Å². The summed E-state index contributed by atoms with van der Waals surface area (Å²) in [4.78, 5) is 29.1. The highest BCUT2D eigenvalue weighted by atomic mass is 16.5. The fourth-order valence-corrected chi connectivity index (χ4v) is 2.47. The van der Waals surface area contributed by atoms with Crippen molar-refractivity contribution in [2.24, 2.45) is 5.73 Å². The number of urea groups is 1. The van der Waals surface area contributed by atoms with E-state index in [1.54, 1.807) is 43.4 Å². The number of aromatic nitrogens is 2. The minimum absolute atomic E-state index is 0.196. The number of carbonyl (C=O) groups excluding carboxylic acids is 2. The Kier molecular flexibility index (Phi) is 5.77. The summed E-state index contributed by atoms with van der Waals surface area (Å²) >= 11 is 0. The molecule has 3 aromatic rings. The maximum atomic E-state index is 12.8. The lowest BCUT2D eigenvalue weighted by atomic mass is 10.1. The van der Waals surface area contributed by atoms with E-state index in [1.807, 2.05) is 13.8 Å². The number of pyridine rings is 1. The minimum Gasteiger partial charge on any atom is -0.439 e. The monoisotopic (exact) mass is 395 g/mol. The van der Waals surface area contributed by atoms with Gasteiger partial charge < -0.3 is 20.3 Å². The molecule has 0 aliphatic rings. The standard InChI is InChI=1S/C20H21N5O4/c1-12(2)16-11-18(29-24-16)25(3)19(26)13-8-9-22-17(10-13)28-15-6-4-14(5-7-15)23-20(21)27/h4-12H,1-3H3,(H3,21,23,27). The first-order chi connectivity index (χ1) is 13.8. The highest BCUT2D eigenvalue weighted by Crippen LogP contribution is 2.24. The number of ether oxygens (including phenoxy) is 1. The zero-order chi connectivity index (χ0) is 21.0. The van der Waals surface area contributed by atoms with Crippen LogP contribution in [0.3, 0.4) is 0 Å². The van der Waals surface area contributed by atoms with Crippen LogP contribution in [0.1, 0.15) is 35.8 Å². The molecule has 9 nitrogen and oxygen atoms in total. The summed E-state index contributed by atoms with van der Waals surface area (Å²) in [5.41, 5.74) is 6.77. The SMILES string of the molecule is CC(C)c1cc(N(C)C(=O)c2ccnc(Oc3ccc(NC(N)=O)cc3)c2)on1. The quantitative estimate of drug-likeness (QED) is 0.655. The van der Waals surface area contributed by atoms with Crippen molar-refractivity contribution in [3.05, 3.63) is 59.9 Å². The Morgan fingerprint density at radius 2 is 1.90 bits per heavy atom. The number of primary amides is 1. The Hall–Kier alpha value is -3.88. The van der Waals surface area contributed by atoms with Crippen LogP contribution in [-0.4, -0.2) is 29.1 Å². The smallest absolute Gasteiger partial charge is 0.316 e. The number of nitrogens with two attached hydrogens (primary N) is 1. The first-order valence-electron chi connectivity index (χ1n) is 8.88. The van der Waals surface area contributed by atoms with Crippen LogP contribution < -0.4 is 20.7 Å². The molecule has 0 bridgehead atoms. The van der Waals surface area contributed by atoms with Crippen LogP contribution in [0.15, 0.2) is 53.2 Å². The summed E-state index contributed by atoms with van der Waals surface area (Å²) in [5, 5.41) is 6.43. The first-order valence-corrected chi connectivity index (χ1v) is 8.88. The van der Waals surface area contributed by atoms with Crippen LogP contribution in [0.4, 0.5) is 16.4 Å². The molecule has 3 N–H and O–H groups in total. The molecule has 3 rings (SSSR count). The van der Waals surface area contributed by atoms with Crippen molar-refractivity contribution in [3.8, 4) is 11.6 Å². The van der Waals surface area contributed by atoms with E-state index in [1.165, 1.54) is 17.2 Å². The fraction of sp³-hybridized carbons (Fsp3) is 0.200. The van der Waals surface area contributed by atoms with Gasteiger partial charge in [-0.1, -0.05) is 19.0 Å². The number of amides is 3. The fourth-order valence-electron chi connectivity index (χ4n) is 2.47. The molecule has 9 heteroatoms. The molecular weight excluding hydrogens is 374 g/mol. The average Bonchev–Trinajstić information content (AvgIpc) is 3.19. The number of carbonyl (C=O) groups is 2. The second kappa shape index (κ2) is 8.42. The molecule has 0 aliphatic heterocycles. The third-order valence-electron chi connectivity index (χ3n) is 4.07. The van der Waals surface area contributed by atoms with E-state index >= 15 is 0 Å². The summed E-state index contributed by atoms with van der Waals surface area (Å²) in [7, 11) is 1.61. The van der Waals surface area contributed by atoms with E-state index in [2.05, 4.69) is 15.5 Å². The Morgan fingerprint density at radius 1 is 1.17 bits per heavy atom. The largest absolute Gasteiger partial charge is 0.439 e. The lowest BCUT2D eigenvalue weighted by molar-refractivity contribution is 0.0987. The van der Waals surface area contributed by atoms with Gasteiger partial charge in [0.15, 0.2) is 0 Å². The lowest BCUT2D eigenvalue weighted by Crippen LogP contribution is -2.25. The average molecular weight is 395 g/mol. The number of anilines is 2. The molecule has 1 aromatic carbocycles. The van der Waals surface area contributed by atoms with E-state index in [0.717, 1.165) is 5.69 Å². The topological polar surface area (TPSA) is 124 Å². The molecule has 0 fully saturated rings. The molecular formula is C20H21N5O4. The number of hydrogen-bond acceptors (Lipinski definition) is 6. The number of benzene rings is 1. The molecule has 2 aromatic heterocycles. The van der Waals surface area contributed by atoms with Crippen molar-refractivity contribution in [3.63, 3.8) is 0 Å². The van der Waals surface area contributed by atoms with Gasteiger partial charge in [0.25, 0.3) is 5.91 Å². The highest BCUT2D eigenvalue weighted by Gasteiger charge is 2.19. The number of hydrogen-bond donors (Lipinski definition) is 2. The van der Waals surface area contributed by atoms with Gasteiger partial charge in [0.1, 0.15) is 5.75 Å². The van der Waals surface area contributed by atoms with Gasteiger partial charge in [0.2, 0.25) is 11.8 Å². The summed E-state index contributed by atoms with van der Waals surface area (Å²) < 4.78 is 11.0. The van der Waals surface area contributed by atoms with Crippen molar-refractivity contribution in [1.82, 2.24) is 10.1 Å². The second-order valence-corrected chi connectivity index (χ2v) is 6.61. The van der Waals surface area contributed by atoms with Crippen molar-refractivity contribution in [2.75, 3.05) is 17.3 Å². The summed E-state index contributed by atoms with van der Waals surface area (Å²) in [6.45, 7) is 3.98. The number of nitrogens with one attached hydrogen (secondary N) is 1. The summed E-state index contributed by atoms with van der Waals surface area (Å²) in [5.74, 6) is 1.00. The normalized spacial score (nSPS) is 10.6. The molecule has 0 aliphatic carbocycles. The van der Waals surface area contributed by atoms with E-state index < -0.39 is 6.03 Å². The maximum Gasteiger partial charge on any atom is 0.316 e. The van der Waals surface area contributed by atoms with E-state index in [4.69, 9.17) is 15.0 Å². The highest BCUT2D eigenvalue weighted by molar-refractivity contribution is 6.05. The summed E-state index contributed by atoms with van der Waals surface area (Å²) in [6.07, 6.45) is 1.49. The van der Waals surface area contributed by atoms with Gasteiger partial charge in [-0.2, -0.15) is 0 Å². The van der Waals surface area contributed by atoms with Gasteiger partial charge in [-0.3, -0.25) is 9.69 Å². The Balaban J connectivity index is 1.72. The third-order valence-corrected chi connectivity index (χ3v) is 4.07. The van der Waals surface area contributed by atoms with Gasteiger partial charge in [0.05, 0.1) is 5.69 Å². The number of rotatable bonds is 6. The summed E-state index contributed by atoms with van der Waals surface area (Å²) in [6, 6.07) is 10.8. The van der Waals surface area contributed by atoms with Crippen LogP contribution in [0, 0.1) is 0 Å². The van der Waals surface area contributed by atoms with E-state index in [0.29, 0.717) is 22.9 Å². The van der Waals surface area contributed by atoms with Gasteiger partial charge >= 0.3 is 6.03 Å². The van der Waals surface area contributed by atoms with Gasteiger partial charge in [-0.25, -0.2) is 9.78 Å². The van der Waals surface area contributed by atoms with Crippen LogP contribution in [-0.2, 0) is 0 Å². The Bertz CT molecular complexity index is 1010. The predicted molar refractivity (Wildman–Crippen MR) is 107 cm³/mol. The predicted octanol–water partition coefficient (Wildman–Crippen LogP) is 3.75. The van der Waals surface area contributed by atoms with E-state index in [9.17, 15) is 9.59 Å². The zero-order valence-electron chi connectivity index (χ0n) is 16.2. The molecule has 0 unspecified atom stereocenters. The maximum absolute atomic E-state index is 12.8. The van der Waals surface area contributed by atoms with Gasteiger partial charge in [0, 0.05) is 36.6 Å². The molecule has 0 saturated heterocycles. The molecule has 29 heavy (non-hydrogen) atoms. The van der Waals surface area contributed by atoms with Crippen LogP contribution >= 0.6 is 0 Å². The van der Waals surface area contributed by atoms with Crippen molar-refractivity contribution in [1.29, 1.82) is 0 Å². The molecule has 0 spiro atoms. The van der Waals surface area contributed by atoms with Crippen molar-refractivity contribution in [2.45, 2.75) is 19.8 Å². The van der Waals surface area contributed by atoms with Gasteiger partial charge in [-0.15, -0.1) is 0 Å². The zero-order valence-corrected chi connectivity index (χ0v) is 16.2. The molecule has 150 valence electrons. The molecule has 2 heterocycles. The van der Waals surface area contributed by atoms with E-state index in [-0.39, 0.29) is 17.7 Å². The van der Waals surface area contributed by atoms with Gasteiger partial charge in [-0.05, 0) is 36.2 Å². The lowest BCUT2D eigenvalue weighted by Gasteiger charge is -2.13. The molecule has 0 atom stereocenters.